The highest BCUT2D eigenvalue weighted by atomic mass is 16.6. The van der Waals surface area contributed by atoms with Gasteiger partial charge in [0.05, 0.1) is 34.4 Å². The van der Waals surface area contributed by atoms with Gasteiger partial charge in [0, 0.05) is 19.3 Å². The van der Waals surface area contributed by atoms with Crippen LogP contribution >= 0.6 is 0 Å². The van der Waals surface area contributed by atoms with E-state index in [0.717, 1.165) is 51.4 Å². The Balaban J connectivity index is 4.17. The molecule has 0 saturated heterocycles. The molecule has 2 atom stereocenters. The summed E-state index contributed by atoms with van der Waals surface area (Å²) < 4.78 is 17.4. The van der Waals surface area contributed by atoms with Gasteiger partial charge in [0.25, 0.3) is 0 Å². The minimum Gasteiger partial charge on any atom is -0.477 e. The summed E-state index contributed by atoms with van der Waals surface area (Å²) in [5.74, 6) is -1.46. The Morgan fingerprint density at radius 3 is 1.26 bits per heavy atom. The van der Waals surface area contributed by atoms with E-state index in [1.54, 1.807) is 0 Å². The highest BCUT2D eigenvalue weighted by Crippen LogP contribution is 2.17. The quantitative estimate of drug-likeness (QED) is 0.0281. The number of quaternary nitrogens is 1. The van der Waals surface area contributed by atoms with Gasteiger partial charge in [0.2, 0.25) is 0 Å². The number of likely N-dealkylation sites (N-methyl/N-ethyl adjacent to an activating group) is 1. The summed E-state index contributed by atoms with van der Waals surface area (Å²) in [6, 6.07) is -0.615. The number of nitrogens with zero attached hydrogens (tertiary/aromatic N) is 1. The van der Waals surface area contributed by atoms with Gasteiger partial charge in [0.15, 0.2) is 12.1 Å². The molecule has 0 aromatic rings. The number of allylic oxidation sites excluding steroid dienone is 6. The second kappa shape index (κ2) is 49.0. The van der Waals surface area contributed by atoms with E-state index in [-0.39, 0.29) is 36.2 Å². The number of unbranched alkanes of at least 4 members (excludes halogenated alkanes) is 31. The third kappa shape index (κ3) is 46.7. The maximum absolute atomic E-state index is 12.8. The summed E-state index contributed by atoms with van der Waals surface area (Å²) in [7, 11) is 5.55. The first-order valence-corrected chi connectivity index (χ1v) is 28.0. The van der Waals surface area contributed by atoms with E-state index in [1.807, 2.05) is 21.1 Å². The minimum absolute atomic E-state index is 0.0502. The fourth-order valence-electron chi connectivity index (χ4n) is 8.48. The van der Waals surface area contributed by atoms with Crippen molar-refractivity contribution in [3.8, 4) is 0 Å². The number of hydrogen-bond acceptors (Lipinski definition) is 6. The van der Waals surface area contributed by atoms with Gasteiger partial charge in [-0.1, -0.05) is 217 Å². The third-order valence-electron chi connectivity index (χ3n) is 12.8. The number of carbonyl (C=O) groups excluding carboxylic acids is 2. The summed E-state index contributed by atoms with van der Waals surface area (Å²) in [5, 5.41) is 9.67. The Morgan fingerprint density at radius 2 is 0.848 bits per heavy atom. The average Bonchev–Trinajstić information content (AvgIpc) is 3.28. The zero-order valence-corrected chi connectivity index (χ0v) is 44.2. The summed E-state index contributed by atoms with van der Waals surface area (Å²) in [6.45, 7) is 4.68. The van der Waals surface area contributed by atoms with Gasteiger partial charge in [-0.3, -0.25) is 9.59 Å². The van der Waals surface area contributed by atoms with Crippen LogP contribution in [0.2, 0.25) is 0 Å². The van der Waals surface area contributed by atoms with E-state index in [2.05, 4.69) is 50.3 Å². The summed E-state index contributed by atoms with van der Waals surface area (Å²) in [6.07, 6.45) is 59.2. The molecule has 0 aliphatic carbocycles. The number of hydrogen-bond donors (Lipinski definition) is 1. The maximum atomic E-state index is 12.8. The molecule has 0 rings (SSSR count). The molecular formula is C58H108NO7+. The van der Waals surface area contributed by atoms with Gasteiger partial charge >= 0.3 is 17.9 Å². The molecule has 0 fully saturated rings. The highest BCUT2D eigenvalue weighted by molar-refractivity contribution is 5.72. The van der Waals surface area contributed by atoms with Gasteiger partial charge < -0.3 is 23.8 Å². The molecule has 386 valence electrons. The van der Waals surface area contributed by atoms with E-state index in [4.69, 9.17) is 14.2 Å². The van der Waals surface area contributed by atoms with Crippen LogP contribution in [0.5, 0.6) is 0 Å². The Bertz CT molecular complexity index is 1170. The molecule has 0 aromatic carbocycles. The molecule has 0 spiro atoms. The van der Waals surface area contributed by atoms with Crippen molar-refractivity contribution in [3.63, 3.8) is 0 Å². The standard InChI is InChI=1S/C58H107NO7/c1-6-8-10-12-14-16-18-20-22-24-26-28-30-32-34-36-38-40-42-44-46-48-56(60)65-53-54(52-64-51-50-55(58(62)63)59(3,4)5)66-57(61)49-47-45-43-41-39-37-35-33-31-29-27-25-23-21-19-17-15-13-11-9-7-2/h9,11,15,17,28,30,54-55H,6-8,10,12-14,16,18-27,29,31-53H2,1-5H3/p+1/b11-9+,17-15+,30-28+. The van der Waals surface area contributed by atoms with Crippen molar-refractivity contribution in [1.82, 2.24) is 0 Å². The van der Waals surface area contributed by atoms with Gasteiger partial charge in [-0.2, -0.15) is 0 Å². The largest absolute Gasteiger partial charge is 0.477 e. The Hall–Kier alpha value is -2.45. The SMILES string of the molecule is CC/C=C/C/C=C/CCCCCCCCCCCCCCCCC(=O)OC(COCCC(C(=O)O)[N+](C)(C)C)COC(=O)CCCCCCCCC/C=C/CCCCCCCCCCCC. The minimum atomic E-state index is -0.872. The molecule has 0 heterocycles. The van der Waals surface area contributed by atoms with Crippen molar-refractivity contribution < 1.29 is 38.2 Å². The number of esters is 2. The predicted molar refractivity (Wildman–Crippen MR) is 280 cm³/mol. The number of ether oxygens (including phenoxy) is 3. The first-order chi connectivity index (χ1) is 32.1. The Labute approximate surface area is 408 Å². The molecule has 8 nitrogen and oxygen atoms in total. The highest BCUT2D eigenvalue weighted by Gasteiger charge is 2.31. The van der Waals surface area contributed by atoms with Crippen LogP contribution in [0, 0.1) is 0 Å². The molecule has 0 bridgehead atoms. The lowest BCUT2D eigenvalue weighted by atomic mass is 10.0. The zero-order chi connectivity index (χ0) is 48.4. The lowest BCUT2D eigenvalue weighted by molar-refractivity contribution is -0.887. The summed E-state index contributed by atoms with van der Waals surface area (Å²) >= 11 is 0. The molecular weight excluding hydrogens is 823 g/mol. The van der Waals surface area contributed by atoms with Crippen LogP contribution in [-0.2, 0) is 28.6 Å². The van der Waals surface area contributed by atoms with Crippen LogP contribution in [0.25, 0.3) is 0 Å². The molecule has 0 aromatic heterocycles. The molecule has 0 saturated carbocycles. The van der Waals surface area contributed by atoms with Gasteiger partial charge in [-0.25, -0.2) is 4.79 Å². The van der Waals surface area contributed by atoms with Gasteiger partial charge in [-0.15, -0.1) is 0 Å². The topological polar surface area (TPSA) is 99.1 Å². The third-order valence-corrected chi connectivity index (χ3v) is 12.8. The summed E-state index contributed by atoms with van der Waals surface area (Å²) in [5.41, 5.74) is 0. The van der Waals surface area contributed by atoms with Crippen molar-refractivity contribution >= 4 is 17.9 Å². The molecule has 0 amide bonds. The van der Waals surface area contributed by atoms with E-state index < -0.39 is 18.1 Å². The second-order valence-corrected chi connectivity index (χ2v) is 20.2. The summed E-state index contributed by atoms with van der Waals surface area (Å²) in [4.78, 5) is 37.3. The number of carboxylic acids is 1. The van der Waals surface area contributed by atoms with Crippen LogP contribution in [0.4, 0.5) is 0 Å². The fraction of sp³-hybridized carbons (Fsp3) is 0.845. The molecule has 2 unspecified atom stereocenters. The normalized spacial score (nSPS) is 13.0. The van der Waals surface area contributed by atoms with Crippen LogP contribution < -0.4 is 0 Å². The van der Waals surface area contributed by atoms with Crippen molar-refractivity contribution in [3.05, 3.63) is 36.5 Å². The van der Waals surface area contributed by atoms with E-state index >= 15 is 0 Å². The first-order valence-electron chi connectivity index (χ1n) is 28.0. The molecule has 66 heavy (non-hydrogen) atoms. The van der Waals surface area contributed by atoms with Crippen molar-refractivity contribution in [2.75, 3.05) is 41.0 Å². The lowest BCUT2D eigenvalue weighted by Gasteiger charge is -2.31. The van der Waals surface area contributed by atoms with E-state index in [0.29, 0.717) is 19.3 Å². The van der Waals surface area contributed by atoms with Crippen LogP contribution in [0.15, 0.2) is 36.5 Å². The molecule has 0 aliphatic heterocycles. The van der Waals surface area contributed by atoms with Crippen LogP contribution in [0.3, 0.4) is 0 Å². The lowest BCUT2D eigenvalue weighted by Crippen LogP contribution is -2.50. The van der Waals surface area contributed by atoms with Gasteiger partial charge in [0.1, 0.15) is 6.61 Å². The van der Waals surface area contributed by atoms with Crippen LogP contribution in [0.1, 0.15) is 264 Å². The second-order valence-electron chi connectivity index (χ2n) is 20.2. The molecule has 1 N–H and O–H groups in total. The maximum Gasteiger partial charge on any atom is 0.362 e. The first kappa shape index (κ1) is 63.5. The molecule has 8 heteroatoms. The van der Waals surface area contributed by atoms with Crippen LogP contribution in [-0.4, -0.2) is 80.6 Å². The number of aliphatic carboxylic acids is 1. The predicted octanol–water partition coefficient (Wildman–Crippen LogP) is 16.5. The molecule has 0 radical (unpaired) electrons. The number of carbonyl (C=O) groups is 3. The number of rotatable bonds is 51. The molecule has 0 aliphatic rings. The Morgan fingerprint density at radius 1 is 0.470 bits per heavy atom. The van der Waals surface area contributed by atoms with Crippen molar-refractivity contribution in [1.29, 1.82) is 0 Å². The van der Waals surface area contributed by atoms with Crippen molar-refractivity contribution in [2.45, 2.75) is 276 Å². The number of carboxylic acid groups (broad SMARTS) is 1. The van der Waals surface area contributed by atoms with Crippen molar-refractivity contribution in [2.24, 2.45) is 0 Å². The fourth-order valence-corrected chi connectivity index (χ4v) is 8.48. The average molecular weight is 932 g/mol. The van der Waals surface area contributed by atoms with E-state index in [1.165, 1.54) is 180 Å². The smallest absolute Gasteiger partial charge is 0.362 e. The van der Waals surface area contributed by atoms with E-state index in [9.17, 15) is 19.5 Å². The van der Waals surface area contributed by atoms with Gasteiger partial charge in [-0.05, 0) is 64.2 Å². The zero-order valence-electron chi connectivity index (χ0n) is 44.2. The monoisotopic (exact) mass is 931 g/mol. The Kier molecular flexibility index (Phi) is 47.2.